The highest BCUT2D eigenvalue weighted by Gasteiger charge is 2.31. The largest absolute Gasteiger partial charge is 0.336 e. The number of rotatable bonds is 3. The molecule has 0 aliphatic carbocycles. The summed E-state index contributed by atoms with van der Waals surface area (Å²) in [7, 11) is -3.66. The molecule has 0 unspecified atom stereocenters. The van der Waals surface area contributed by atoms with Crippen LogP contribution in [0.15, 0.2) is 41.3 Å². The number of sulfonamides is 1. The van der Waals surface area contributed by atoms with Crippen LogP contribution in [0.2, 0.25) is 0 Å². The maximum atomic E-state index is 13.3. The van der Waals surface area contributed by atoms with Gasteiger partial charge in [-0.3, -0.25) is 4.79 Å². The molecule has 0 aromatic heterocycles. The highest BCUT2D eigenvalue weighted by Crippen LogP contribution is 2.23. The lowest BCUT2D eigenvalue weighted by molar-refractivity contribution is 0.0697. The van der Waals surface area contributed by atoms with E-state index in [1.54, 1.807) is 19.1 Å². The van der Waals surface area contributed by atoms with E-state index in [-0.39, 0.29) is 36.6 Å². The van der Waals surface area contributed by atoms with Crippen LogP contribution in [0.4, 0.5) is 8.78 Å². The molecule has 3 rings (SSSR count). The summed E-state index contributed by atoms with van der Waals surface area (Å²) in [6.07, 6.45) is 0. The van der Waals surface area contributed by atoms with E-state index in [9.17, 15) is 22.0 Å². The van der Waals surface area contributed by atoms with E-state index in [0.717, 1.165) is 17.7 Å². The van der Waals surface area contributed by atoms with Gasteiger partial charge in [-0.25, -0.2) is 17.2 Å². The number of halogens is 2. The van der Waals surface area contributed by atoms with Gasteiger partial charge in [0.25, 0.3) is 5.91 Å². The van der Waals surface area contributed by atoms with Crippen molar-refractivity contribution in [3.63, 3.8) is 0 Å². The van der Waals surface area contributed by atoms with E-state index >= 15 is 0 Å². The van der Waals surface area contributed by atoms with Crippen LogP contribution in [-0.2, 0) is 10.0 Å². The monoisotopic (exact) mass is 394 g/mol. The molecule has 5 nitrogen and oxygen atoms in total. The van der Waals surface area contributed by atoms with E-state index in [1.165, 1.54) is 15.3 Å². The van der Waals surface area contributed by atoms with Crippen molar-refractivity contribution in [2.24, 2.45) is 0 Å². The summed E-state index contributed by atoms with van der Waals surface area (Å²) in [5.41, 5.74) is 1.56. The molecule has 0 N–H and O–H groups in total. The van der Waals surface area contributed by atoms with Gasteiger partial charge in [0.05, 0.1) is 4.90 Å². The Kier molecular flexibility index (Phi) is 5.30. The average molecular weight is 394 g/mol. The molecular weight excluding hydrogens is 374 g/mol. The molecule has 1 fully saturated rings. The second-order valence-corrected chi connectivity index (χ2v) is 8.50. The first-order valence-electron chi connectivity index (χ1n) is 8.52. The van der Waals surface area contributed by atoms with Crippen LogP contribution in [-0.4, -0.2) is 49.7 Å². The summed E-state index contributed by atoms with van der Waals surface area (Å²) < 4.78 is 53.6. The van der Waals surface area contributed by atoms with E-state index in [0.29, 0.717) is 5.56 Å². The number of piperazine rings is 1. The lowest BCUT2D eigenvalue weighted by atomic mass is 10.1. The topological polar surface area (TPSA) is 57.7 Å². The van der Waals surface area contributed by atoms with E-state index < -0.39 is 27.6 Å². The minimum atomic E-state index is -3.66. The second-order valence-electron chi connectivity index (χ2n) is 6.59. The highest BCUT2D eigenvalue weighted by atomic mass is 32.2. The Hall–Kier alpha value is -2.32. The molecular formula is C19H20F2N2O3S. The molecule has 0 saturated carbocycles. The number of aryl methyl sites for hydroxylation is 2. The van der Waals surface area contributed by atoms with Crippen molar-refractivity contribution in [2.75, 3.05) is 26.2 Å². The predicted octanol–water partition coefficient (Wildman–Crippen LogP) is 2.73. The number of hydrogen-bond acceptors (Lipinski definition) is 3. The molecule has 2 aromatic carbocycles. The average Bonchev–Trinajstić information content (AvgIpc) is 2.65. The normalized spacial score (nSPS) is 15.8. The van der Waals surface area contributed by atoms with Crippen molar-refractivity contribution in [3.8, 4) is 0 Å². The Bertz CT molecular complexity index is 984. The fourth-order valence-corrected chi connectivity index (χ4v) is 4.80. The molecule has 0 radical (unpaired) electrons. The molecule has 1 saturated heterocycles. The Balaban J connectivity index is 1.73. The van der Waals surface area contributed by atoms with Gasteiger partial charge in [0.15, 0.2) is 11.6 Å². The van der Waals surface area contributed by atoms with E-state index in [2.05, 4.69) is 0 Å². The summed E-state index contributed by atoms with van der Waals surface area (Å²) in [6.45, 7) is 4.23. The molecule has 0 spiro atoms. The van der Waals surface area contributed by atoms with Crippen LogP contribution in [0.3, 0.4) is 0 Å². The van der Waals surface area contributed by atoms with Gasteiger partial charge in [-0.05, 0) is 49.2 Å². The fraction of sp³-hybridized carbons (Fsp3) is 0.316. The number of hydrogen-bond donors (Lipinski definition) is 0. The van der Waals surface area contributed by atoms with Gasteiger partial charge in [-0.15, -0.1) is 0 Å². The maximum Gasteiger partial charge on any atom is 0.254 e. The number of benzene rings is 2. The number of amides is 1. The molecule has 0 bridgehead atoms. The SMILES string of the molecule is Cc1ccc(C)c(S(=O)(=O)N2CCN(C(=O)c3ccc(F)c(F)c3)CC2)c1. The number of nitrogens with zero attached hydrogens (tertiary/aromatic N) is 2. The first-order valence-corrected chi connectivity index (χ1v) is 9.96. The molecule has 8 heteroatoms. The van der Waals surface area contributed by atoms with Crippen LogP contribution in [0.25, 0.3) is 0 Å². The molecule has 1 amide bonds. The molecule has 1 heterocycles. The molecule has 2 aromatic rings. The Morgan fingerprint density at radius 2 is 1.59 bits per heavy atom. The van der Waals surface area contributed by atoms with Crippen molar-refractivity contribution in [1.82, 2.24) is 9.21 Å². The highest BCUT2D eigenvalue weighted by molar-refractivity contribution is 7.89. The minimum absolute atomic E-state index is 0.0414. The van der Waals surface area contributed by atoms with Crippen molar-refractivity contribution in [2.45, 2.75) is 18.7 Å². The Labute approximate surface area is 157 Å². The third-order valence-corrected chi connectivity index (χ3v) is 6.69. The fourth-order valence-electron chi connectivity index (χ4n) is 3.07. The zero-order valence-electron chi connectivity index (χ0n) is 15.1. The molecule has 27 heavy (non-hydrogen) atoms. The Morgan fingerprint density at radius 3 is 2.22 bits per heavy atom. The lowest BCUT2D eigenvalue weighted by Crippen LogP contribution is -2.50. The van der Waals surface area contributed by atoms with Crippen LogP contribution in [0.5, 0.6) is 0 Å². The van der Waals surface area contributed by atoms with Gasteiger partial charge in [0.2, 0.25) is 10.0 Å². The van der Waals surface area contributed by atoms with Gasteiger partial charge < -0.3 is 4.90 Å². The summed E-state index contributed by atoms with van der Waals surface area (Å²) in [4.78, 5) is 14.2. The lowest BCUT2D eigenvalue weighted by Gasteiger charge is -2.34. The van der Waals surface area contributed by atoms with Gasteiger partial charge >= 0.3 is 0 Å². The predicted molar refractivity (Wildman–Crippen MR) is 96.9 cm³/mol. The van der Waals surface area contributed by atoms with Gasteiger partial charge in [0, 0.05) is 31.7 Å². The van der Waals surface area contributed by atoms with Crippen molar-refractivity contribution < 1.29 is 22.0 Å². The van der Waals surface area contributed by atoms with E-state index in [1.807, 2.05) is 13.0 Å². The van der Waals surface area contributed by atoms with Crippen molar-refractivity contribution >= 4 is 15.9 Å². The van der Waals surface area contributed by atoms with E-state index in [4.69, 9.17) is 0 Å². The third kappa shape index (κ3) is 3.86. The van der Waals surface area contributed by atoms with Crippen molar-refractivity contribution in [1.29, 1.82) is 0 Å². The summed E-state index contributed by atoms with van der Waals surface area (Å²) in [5, 5.41) is 0. The Morgan fingerprint density at radius 1 is 0.926 bits per heavy atom. The first-order chi connectivity index (χ1) is 12.7. The summed E-state index contributed by atoms with van der Waals surface area (Å²) >= 11 is 0. The molecule has 0 atom stereocenters. The summed E-state index contributed by atoms with van der Waals surface area (Å²) in [5.74, 6) is -2.55. The first kappa shape index (κ1) is 19.4. The van der Waals surface area contributed by atoms with Crippen molar-refractivity contribution in [3.05, 3.63) is 64.7 Å². The smallest absolute Gasteiger partial charge is 0.254 e. The number of carbonyl (C=O) groups excluding carboxylic acids is 1. The van der Waals surface area contributed by atoms with Crippen LogP contribution >= 0.6 is 0 Å². The zero-order chi connectivity index (χ0) is 19.8. The number of carbonyl (C=O) groups is 1. The standard InChI is InChI=1S/C19H20F2N2O3S/c1-13-3-4-14(2)18(11-13)27(25,26)23-9-7-22(8-10-23)19(24)15-5-6-16(20)17(21)12-15/h3-6,11-12H,7-10H2,1-2H3. The van der Waals surface area contributed by atoms with Gasteiger partial charge in [-0.2, -0.15) is 4.31 Å². The zero-order valence-corrected chi connectivity index (χ0v) is 15.9. The molecule has 1 aliphatic heterocycles. The van der Waals surface area contributed by atoms with Gasteiger partial charge in [-0.1, -0.05) is 12.1 Å². The summed E-state index contributed by atoms with van der Waals surface area (Å²) in [6, 6.07) is 8.25. The second kappa shape index (κ2) is 7.36. The molecule has 1 aliphatic rings. The van der Waals surface area contributed by atoms with Crippen LogP contribution in [0, 0.1) is 25.5 Å². The quantitative estimate of drug-likeness (QED) is 0.804. The van der Waals surface area contributed by atoms with Crippen LogP contribution < -0.4 is 0 Å². The van der Waals surface area contributed by atoms with Gasteiger partial charge in [0.1, 0.15) is 0 Å². The minimum Gasteiger partial charge on any atom is -0.336 e. The third-order valence-electron chi connectivity index (χ3n) is 4.65. The van der Waals surface area contributed by atoms with Crippen LogP contribution in [0.1, 0.15) is 21.5 Å². The molecule has 144 valence electrons. The maximum absolute atomic E-state index is 13.3.